The monoisotopic (exact) mass is 242 g/mol. The first-order chi connectivity index (χ1) is 8.65. The number of hydrogen-bond donors (Lipinski definition) is 1. The molecular formula is C14H18N4. The Morgan fingerprint density at radius 3 is 2.50 bits per heavy atom. The second kappa shape index (κ2) is 5.12. The van der Waals surface area contributed by atoms with Crippen LogP contribution in [0.1, 0.15) is 23.7 Å². The van der Waals surface area contributed by atoms with Gasteiger partial charge in [-0.2, -0.15) is 0 Å². The predicted molar refractivity (Wildman–Crippen MR) is 73.7 cm³/mol. The molecule has 0 unspecified atom stereocenters. The lowest BCUT2D eigenvalue weighted by atomic mass is 10.2. The summed E-state index contributed by atoms with van der Waals surface area (Å²) in [7, 11) is 1.88. The molecule has 0 bridgehead atoms. The molecule has 0 radical (unpaired) electrons. The minimum absolute atomic E-state index is 0.682. The van der Waals surface area contributed by atoms with Crippen LogP contribution in [0.5, 0.6) is 0 Å². The van der Waals surface area contributed by atoms with Crippen molar-refractivity contribution in [3.63, 3.8) is 0 Å². The average molecular weight is 242 g/mol. The van der Waals surface area contributed by atoms with E-state index in [1.54, 1.807) is 0 Å². The van der Waals surface area contributed by atoms with E-state index in [4.69, 9.17) is 0 Å². The second-order valence-electron chi connectivity index (χ2n) is 4.29. The van der Waals surface area contributed by atoms with Gasteiger partial charge in [0.15, 0.2) is 5.82 Å². The third kappa shape index (κ3) is 2.32. The number of aryl methyl sites for hydroxylation is 2. The molecule has 2 aromatic heterocycles. The fraction of sp³-hybridized carbons (Fsp3) is 0.357. The molecule has 2 rings (SSSR count). The molecule has 0 saturated heterocycles. The molecule has 0 amide bonds. The van der Waals surface area contributed by atoms with Crippen LogP contribution in [0, 0.1) is 13.8 Å². The van der Waals surface area contributed by atoms with E-state index in [0.717, 1.165) is 34.8 Å². The zero-order chi connectivity index (χ0) is 13.1. The highest BCUT2D eigenvalue weighted by Crippen LogP contribution is 2.20. The van der Waals surface area contributed by atoms with E-state index in [1.807, 2.05) is 39.2 Å². The molecule has 0 fully saturated rings. The first-order valence-electron chi connectivity index (χ1n) is 6.14. The Balaban J connectivity index is 2.54. The lowest BCUT2D eigenvalue weighted by molar-refractivity contribution is 0.971. The summed E-state index contributed by atoms with van der Waals surface area (Å²) in [6, 6.07) is 3.98. The normalized spacial score (nSPS) is 10.4. The summed E-state index contributed by atoms with van der Waals surface area (Å²) in [5.74, 6) is 1.56. The van der Waals surface area contributed by atoms with Gasteiger partial charge in [-0.1, -0.05) is 13.0 Å². The Labute approximate surface area is 108 Å². The van der Waals surface area contributed by atoms with E-state index in [0.29, 0.717) is 5.82 Å². The fourth-order valence-corrected chi connectivity index (χ4v) is 1.87. The van der Waals surface area contributed by atoms with Crippen LogP contribution in [-0.4, -0.2) is 22.0 Å². The van der Waals surface area contributed by atoms with Gasteiger partial charge in [0.2, 0.25) is 0 Å². The van der Waals surface area contributed by atoms with E-state index >= 15 is 0 Å². The number of nitrogens with one attached hydrogen (secondary N) is 1. The molecular weight excluding hydrogens is 224 g/mol. The maximum Gasteiger partial charge on any atom is 0.180 e. The van der Waals surface area contributed by atoms with Gasteiger partial charge in [-0.15, -0.1) is 0 Å². The minimum atomic E-state index is 0.682. The molecule has 94 valence electrons. The van der Waals surface area contributed by atoms with E-state index < -0.39 is 0 Å². The molecule has 4 heteroatoms. The van der Waals surface area contributed by atoms with Gasteiger partial charge in [-0.3, -0.25) is 4.98 Å². The lowest BCUT2D eigenvalue weighted by Crippen LogP contribution is -2.05. The topological polar surface area (TPSA) is 50.7 Å². The third-order valence-electron chi connectivity index (χ3n) is 2.96. The quantitative estimate of drug-likeness (QED) is 0.899. The summed E-state index contributed by atoms with van der Waals surface area (Å²) in [6.07, 6.45) is 2.73. The molecule has 0 aliphatic rings. The number of pyridine rings is 1. The Morgan fingerprint density at radius 2 is 1.94 bits per heavy atom. The highest BCUT2D eigenvalue weighted by molar-refractivity contribution is 5.56. The number of rotatable bonds is 3. The summed E-state index contributed by atoms with van der Waals surface area (Å²) >= 11 is 0. The van der Waals surface area contributed by atoms with Gasteiger partial charge in [0.25, 0.3) is 0 Å². The smallest absolute Gasteiger partial charge is 0.180 e. The zero-order valence-corrected chi connectivity index (χ0v) is 11.3. The first kappa shape index (κ1) is 12.5. The lowest BCUT2D eigenvalue weighted by Gasteiger charge is -2.10. The van der Waals surface area contributed by atoms with Crippen molar-refractivity contribution in [3.8, 4) is 11.5 Å². The Bertz CT molecular complexity index is 521. The van der Waals surface area contributed by atoms with Crippen LogP contribution in [0.2, 0.25) is 0 Å². The van der Waals surface area contributed by atoms with Crippen molar-refractivity contribution in [1.29, 1.82) is 0 Å². The molecule has 0 aliphatic carbocycles. The summed E-state index contributed by atoms with van der Waals surface area (Å²) in [5, 5.41) is 3.11. The Kier molecular flexibility index (Phi) is 3.55. The molecule has 2 heterocycles. The summed E-state index contributed by atoms with van der Waals surface area (Å²) in [5.41, 5.74) is 4.12. The number of aromatic nitrogens is 3. The molecule has 0 saturated carbocycles. The van der Waals surface area contributed by atoms with Crippen molar-refractivity contribution >= 4 is 5.82 Å². The number of anilines is 1. The SMILES string of the molecule is CCc1nc(-c2ccc(C)cn2)nc(NC)c1C. The van der Waals surface area contributed by atoms with Crippen LogP contribution in [0.4, 0.5) is 5.82 Å². The summed E-state index contributed by atoms with van der Waals surface area (Å²) < 4.78 is 0. The summed E-state index contributed by atoms with van der Waals surface area (Å²) in [6.45, 7) is 6.15. The molecule has 4 nitrogen and oxygen atoms in total. The predicted octanol–water partition coefficient (Wildman–Crippen LogP) is 2.76. The van der Waals surface area contributed by atoms with E-state index in [9.17, 15) is 0 Å². The van der Waals surface area contributed by atoms with Crippen molar-refractivity contribution in [2.24, 2.45) is 0 Å². The minimum Gasteiger partial charge on any atom is -0.373 e. The van der Waals surface area contributed by atoms with Crippen LogP contribution in [-0.2, 0) is 6.42 Å². The third-order valence-corrected chi connectivity index (χ3v) is 2.96. The molecule has 0 aliphatic heterocycles. The van der Waals surface area contributed by atoms with Crippen LogP contribution < -0.4 is 5.32 Å². The Hall–Kier alpha value is -1.97. The van der Waals surface area contributed by atoms with Crippen LogP contribution in [0.25, 0.3) is 11.5 Å². The first-order valence-corrected chi connectivity index (χ1v) is 6.14. The Morgan fingerprint density at radius 1 is 1.17 bits per heavy atom. The largest absolute Gasteiger partial charge is 0.373 e. The van der Waals surface area contributed by atoms with Crippen LogP contribution in [0.15, 0.2) is 18.3 Å². The molecule has 1 N–H and O–H groups in total. The van der Waals surface area contributed by atoms with Crippen molar-refractivity contribution in [3.05, 3.63) is 35.2 Å². The molecule has 2 aromatic rings. The molecule has 0 aromatic carbocycles. The standard InChI is InChI=1S/C14H18N4/c1-5-11-10(3)13(15-4)18-14(17-11)12-7-6-9(2)8-16-12/h6-8H,5H2,1-4H3,(H,15,17,18). The van der Waals surface area contributed by atoms with Gasteiger partial charge in [-0.05, 0) is 31.9 Å². The number of nitrogens with zero attached hydrogens (tertiary/aromatic N) is 3. The number of hydrogen-bond acceptors (Lipinski definition) is 4. The van der Waals surface area contributed by atoms with Gasteiger partial charge in [0.05, 0.1) is 0 Å². The van der Waals surface area contributed by atoms with Crippen molar-refractivity contribution in [2.75, 3.05) is 12.4 Å². The van der Waals surface area contributed by atoms with Gasteiger partial charge >= 0.3 is 0 Å². The van der Waals surface area contributed by atoms with Crippen molar-refractivity contribution in [2.45, 2.75) is 27.2 Å². The maximum atomic E-state index is 4.59. The van der Waals surface area contributed by atoms with E-state index in [-0.39, 0.29) is 0 Å². The molecule has 0 spiro atoms. The van der Waals surface area contributed by atoms with Gasteiger partial charge < -0.3 is 5.32 Å². The van der Waals surface area contributed by atoms with E-state index in [1.165, 1.54) is 0 Å². The molecule has 18 heavy (non-hydrogen) atoms. The molecule has 0 atom stereocenters. The highest BCUT2D eigenvalue weighted by Gasteiger charge is 2.10. The highest BCUT2D eigenvalue weighted by atomic mass is 15.0. The van der Waals surface area contributed by atoms with Gasteiger partial charge in [-0.25, -0.2) is 9.97 Å². The summed E-state index contributed by atoms with van der Waals surface area (Å²) in [4.78, 5) is 13.5. The maximum absolute atomic E-state index is 4.59. The van der Waals surface area contributed by atoms with Gasteiger partial charge in [0, 0.05) is 24.5 Å². The average Bonchev–Trinajstić information content (AvgIpc) is 2.40. The fourth-order valence-electron chi connectivity index (χ4n) is 1.87. The van der Waals surface area contributed by atoms with Crippen molar-refractivity contribution in [1.82, 2.24) is 15.0 Å². The second-order valence-corrected chi connectivity index (χ2v) is 4.29. The van der Waals surface area contributed by atoms with Crippen LogP contribution >= 0.6 is 0 Å². The van der Waals surface area contributed by atoms with Gasteiger partial charge in [0.1, 0.15) is 11.5 Å². The zero-order valence-electron chi connectivity index (χ0n) is 11.3. The van der Waals surface area contributed by atoms with E-state index in [2.05, 4.69) is 27.2 Å². The van der Waals surface area contributed by atoms with Crippen LogP contribution in [0.3, 0.4) is 0 Å². The van der Waals surface area contributed by atoms with Crippen molar-refractivity contribution < 1.29 is 0 Å².